The summed E-state index contributed by atoms with van der Waals surface area (Å²) in [7, 11) is 1.74. The zero-order valence-electron chi connectivity index (χ0n) is 11.7. The Labute approximate surface area is 117 Å². The predicted octanol–water partition coefficient (Wildman–Crippen LogP) is 3.37. The fourth-order valence-corrected chi connectivity index (χ4v) is 2.08. The van der Waals surface area contributed by atoms with Crippen LogP contribution in [0.1, 0.15) is 16.7 Å². The Balaban J connectivity index is 2.23. The minimum Gasteiger partial charge on any atom is -0.368 e. The third kappa shape index (κ3) is 2.96. The number of hydrogen-bond acceptors (Lipinski definition) is 2. The van der Waals surface area contributed by atoms with E-state index in [9.17, 15) is 8.78 Å². The molecule has 106 valence electrons. The van der Waals surface area contributed by atoms with Crippen molar-refractivity contribution in [1.82, 2.24) is 0 Å². The molecule has 20 heavy (non-hydrogen) atoms. The third-order valence-electron chi connectivity index (χ3n) is 3.31. The van der Waals surface area contributed by atoms with Gasteiger partial charge < -0.3 is 10.6 Å². The molecular weight excluding hydrogens is 258 g/mol. The van der Waals surface area contributed by atoms with Gasteiger partial charge in [-0.2, -0.15) is 0 Å². The van der Waals surface area contributed by atoms with Crippen molar-refractivity contribution >= 4 is 5.69 Å². The largest absolute Gasteiger partial charge is 0.368 e. The Morgan fingerprint density at radius 1 is 1.00 bits per heavy atom. The van der Waals surface area contributed by atoms with E-state index in [1.807, 2.05) is 31.2 Å². The van der Waals surface area contributed by atoms with Gasteiger partial charge in [-0.3, -0.25) is 0 Å². The van der Waals surface area contributed by atoms with Crippen molar-refractivity contribution in [2.45, 2.75) is 20.0 Å². The van der Waals surface area contributed by atoms with Crippen LogP contribution in [0.25, 0.3) is 0 Å². The number of nitrogens with two attached hydrogens (primary N) is 1. The standard InChI is InChI=1S/C16H18F2N2/c1-11-3-5-12(6-4-11)10-20(2)14-8-7-13(9-19)15(17)16(14)18/h3-8H,9-10,19H2,1-2H3. The van der Waals surface area contributed by atoms with Crippen LogP contribution >= 0.6 is 0 Å². The molecule has 0 amide bonds. The van der Waals surface area contributed by atoms with Crippen LogP contribution in [0.4, 0.5) is 14.5 Å². The fraction of sp³-hybridized carbons (Fsp3) is 0.250. The van der Waals surface area contributed by atoms with Crippen molar-refractivity contribution in [2.75, 3.05) is 11.9 Å². The first-order valence-electron chi connectivity index (χ1n) is 6.46. The maximum Gasteiger partial charge on any atom is 0.182 e. The van der Waals surface area contributed by atoms with E-state index in [1.54, 1.807) is 18.0 Å². The Hall–Kier alpha value is -1.94. The number of rotatable bonds is 4. The molecule has 2 aromatic carbocycles. The second-order valence-corrected chi connectivity index (χ2v) is 4.92. The van der Waals surface area contributed by atoms with Crippen LogP contribution in [0, 0.1) is 18.6 Å². The van der Waals surface area contributed by atoms with Gasteiger partial charge >= 0.3 is 0 Å². The van der Waals surface area contributed by atoms with Crippen molar-refractivity contribution in [1.29, 1.82) is 0 Å². The van der Waals surface area contributed by atoms with Crippen molar-refractivity contribution < 1.29 is 8.78 Å². The average molecular weight is 276 g/mol. The summed E-state index contributed by atoms with van der Waals surface area (Å²) >= 11 is 0. The van der Waals surface area contributed by atoms with Crippen molar-refractivity contribution in [3.05, 3.63) is 64.7 Å². The molecule has 2 N–H and O–H groups in total. The lowest BCUT2D eigenvalue weighted by Crippen LogP contribution is -2.19. The molecular formula is C16H18F2N2. The molecule has 4 heteroatoms. The SMILES string of the molecule is Cc1ccc(CN(C)c2ccc(CN)c(F)c2F)cc1. The summed E-state index contributed by atoms with van der Waals surface area (Å²) < 4.78 is 27.7. The lowest BCUT2D eigenvalue weighted by atomic mass is 10.1. The van der Waals surface area contributed by atoms with Crippen LogP contribution in [0.15, 0.2) is 36.4 Å². The summed E-state index contributed by atoms with van der Waals surface area (Å²) in [5.74, 6) is -1.71. The lowest BCUT2D eigenvalue weighted by molar-refractivity contribution is 0.498. The summed E-state index contributed by atoms with van der Waals surface area (Å²) in [5.41, 5.74) is 8.00. The molecule has 2 nitrogen and oxygen atoms in total. The molecule has 0 aliphatic heterocycles. The molecule has 0 aliphatic rings. The van der Waals surface area contributed by atoms with Crippen LogP contribution in [-0.4, -0.2) is 7.05 Å². The highest BCUT2D eigenvalue weighted by molar-refractivity contribution is 5.49. The summed E-state index contributed by atoms with van der Waals surface area (Å²) in [4.78, 5) is 1.68. The fourth-order valence-electron chi connectivity index (χ4n) is 2.08. The molecule has 0 radical (unpaired) electrons. The molecule has 0 heterocycles. The van der Waals surface area contributed by atoms with Gasteiger partial charge in [-0.25, -0.2) is 8.78 Å². The maximum absolute atomic E-state index is 14.0. The molecule has 0 saturated carbocycles. The molecule has 0 aromatic heterocycles. The van der Waals surface area contributed by atoms with E-state index in [-0.39, 0.29) is 17.8 Å². The lowest BCUT2D eigenvalue weighted by Gasteiger charge is -2.21. The van der Waals surface area contributed by atoms with E-state index in [0.29, 0.717) is 6.54 Å². The molecule has 0 fully saturated rings. The van der Waals surface area contributed by atoms with Crippen LogP contribution in [-0.2, 0) is 13.1 Å². The van der Waals surface area contributed by atoms with Gasteiger partial charge in [0, 0.05) is 25.7 Å². The van der Waals surface area contributed by atoms with E-state index in [0.717, 1.165) is 5.56 Å². The minimum absolute atomic E-state index is 0.00922. The van der Waals surface area contributed by atoms with Crippen molar-refractivity contribution in [3.63, 3.8) is 0 Å². The summed E-state index contributed by atoms with van der Waals surface area (Å²) in [6, 6.07) is 11.0. The minimum atomic E-state index is -0.860. The number of anilines is 1. The van der Waals surface area contributed by atoms with Crippen LogP contribution < -0.4 is 10.6 Å². The van der Waals surface area contributed by atoms with Gasteiger partial charge in [-0.1, -0.05) is 35.9 Å². The van der Waals surface area contributed by atoms with E-state index in [4.69, 9.17) is 5.73 Å². The topological polar surface area (TPSA) is 29.3 Å². The number of nitrogens with zero attached hydrogens (tertiary/aromatic N) is 1. The molecule has 0 atom stereocenters. The first-order chi connectivity index (χ1) is 9.52. The number of hydrogen-bond donors (Lipinski definition) is 1. The average Bonchev–Trinajstić information content (AvgIpc) is 2.44. The first kappa shape index (κ1) is 14.5. The molecule has 0 spiro atoms. The number of halogens is 2. The quantitative estimate of drug-likeness (QED) is 0.927. The highest BCUT2D eigenvalue weighted by Crippen LogP contribution is 2.24. The monoisotopic (exact) mass is 276 g/mol. The summed E-state index contributed by atoms with van der Waals surface area (Å²) in [6.45, 7) is 2.51. The number of aryl methyl sites for hydroxylation is 1. The first-order valence-corrected chi connectivity index (χ1v) is 6.46. The molecule has 0 bridgehead atoms. The van der Waals surface area contributed by atoms with E-state index in [2.05, 4.69) is 0 Å². The van der Waals surface area contributed by atoms with Crippen LogP contribution in [0.2, 0.25) is 0 Å². The number of benzene rings is 2. The second-order valence-electron chi connectivity index (χ2n) is 4.92. The zero-order chi connectivity index (χ0) is 14.7. The van der Waals surface area contributed by atoms with Crippen molar-refractivity contribution in [3.8, 4) is 0 Å². The highest BCUT2D eigenvalue weighted by Gasteiger charge is 2.15. The molecule has 0 aliphatic carbocycles. The second kappa shape index (κ2) is 6.01. The van der Waals surface area contributed by atoms with Gasteiger partial charge in [0.2, 0.25) is 0 Å². The Morgan fingerprint density at radius 3 is 2.25 bits per heavy atom. The van der Waals surface area contributed by atoms with Gasteiger partial charge in [0.25, 0.3) is 0 Å². The maximum atomic E-state index is 14.0. The normalized spacial score (nSPS) is 10.7. The van der Waals surface area contributed by atoms with E-state index < -0.39 is 11.6 Å². The van der Waals surface area contributed by atoms with Gasteiger partial charge in [0.15, 0.2) is 11.6 Å². The van der Waals surface area contributed by atoms with Crippen LogP contribution in [0.3, 0.4) is 0 Å². The molecule has 2 rings (SSSR count). The van der Waals surface area contributed by atoms with E-state index in [1.165, 1.54) is 11.6 Å². The molecule has 0 unspecified atom stereocenters. The van der Waals surface area contributed by atoms with Crippen LogP contribution in [0.5, 0.6) is 0 Å². The smallest absolute Gasteiger partial charge is 0.182 e. The summed E-state index contributed by atoms with van der Waals surface area (Å²) in [6.07, 6.45) is 0. The van der Waals surface area contributed by atoms with Gasteiger partial charge in [-0.15, -0.1) is 0 Å². The van der Waals surface area contributed by atoms with Gasteiger partial charge in [-0.05, 0) is 18.6 Å². The third-order valence-corrected chi connectivity index (χ3v) is 3.31. The van der Waals surface area contributed by atoms with Gasteiger partial charge in [0.1, 0.15) is 0 Å². The Bertz CT molecular complexity index is 594. The highest BCUT2D eigenvalue weighted by atomic mass is 19.2. The molecule has 0 saturated heterocycles. The molecule has 2 aromatic rings. The van der Waals surface area contributed by atoms with Gasteiger partial charge in [0.05, 0.1) is 5.69 Å². The Kier molecular flexibility index (Phi) is 4.35. The Morgan fingerprint density at radius 2 is 1.65 bits per heavy atom. The zero-order valence-corrected chi connectivity index (χ0v) is 11.7. The van der Waals surface area contributed by atoms with E-state index >= 15 is 0 Å². The van der Waals surface area contributed by atoms with Crippen molar-refractivity contribution in [2.24, 2.45) is 5.73 Å². The predicted molar refractivity (Wildman–Crippen MR) is 77.5 cm³/mol. The summed E-state index contributed by atoms with van der Waals surface area (Å²) in [5, 5.41) is 0.